The summed E-state index contributed by atoms with van der Waals surface area (Å²) in [6, 6.07) is 14.0. The number of hydrogen-bond donors (Lipinski definition) is 1. The maximum Gasteiger partial charge on any atom is 0.242 e. The first kappa shape index (κ1) is 27.2. The first-order valence-electron chi connectivity index (χ1n) is 11.3. The highest BCUT2D eigenvalue weighted by molar-refractivity contribution is 7.92. The first-order chi connectivity index (χ1) is 16.1. The van der Waals surface area contributed by atoms with Crippen LogP contribution >= 0.6 is 0 Å². The number of methoxy groups -OCH3 is 1. The highest BCUT2D eigenvalue weighted by Crippen LogP contribution is 2.24. The van der Waals surface area contributed by atoms with Crippen molar-refractivity contribution in [2.75, 3.05) is 31.3 Å². The van der Waals surface area contributed by atoms with Crippen molar-refractivity contribution in [3.8, 4) is 5.75 Å². The van der Waals surface area contributed by atoms with Gasteiger partial charge in [-0.15, -0.1) is 0 Å². The molecule has 2 aromatic rings. The zero-order valence-corrected chi connectivity index (χ0v) is 21.4. The number of carbonyl (C=O) groups is 2. The van der Waals surface area contributed by atoms with E-state index in [0.717, 1.165) is 17.4 Å². The number of benzene rings is 2. The van der Waals surface area contributed by atoms with Gasteiger partial charge in [0.25, 0.3) is 0 Å². The molecule has 2 amide bonds. The molecule has 0 aromatic heterocycles. The van der Waals surface area contributed by atoms with Crippen molar-refractivity contribution in [1.82, 2.24) is 10.2 Å². The molecule has 1 N–H and O–H groups in total. The minimum Gasteiger partial charge on any atom is -0.497 e. The summed E-state index contributed by atoms with van der Waals surface area (Å²) in [6.45, 7) is 4.29. The summed E-state index contributed by atoms with van der Waals surface area (Å²) in [5.74, 6) is 0.120. The van der Waals surface area contributed by atoms with Crippen molar-refractivity contribution in [2.45, 2.75) is 45.7 Å². The Balaban J connectivity index is 2.19. The number of rotatable bonds is 12. The van der Waals surface area contributed by atoms with Gasteiger partial charge in [0.2, 0.25) is 21.8 Å². The Bertz CT molecular complexity index is 1070. The van der Waals surface area contributed by atoms with Crippen molar-refractivity contribution in [3.05, 3.63) is 59.7 Å². The van der Waals surface area contributed by atoms with Gasteiger partial charge in [-0.25, -0.2) is 8.42 Å². The van der Waals surface area contributed by atoms with Crippen LogP contribution in [-0.2, 0) is 26.2 Å². The highest BCUT2D eigenvalue weighted by atomic mass is 32.2. The van der Waals surface area contributed by atoms with Crippen LogP contribution in [0.1, 0.15) is 37.3 Å². The van der Waals surface area contributed by atoms with E-state index in [1.807, 2.05) is 38.1 Å². The topological polar surface area (TPSA) is 96.0 Å². The van der Waals surface area contributed by atoms with Crippen molar-refractivity contribution in [1.29, 1.82) is 0 Å². The predicted octanol–water partition coefficient (Wildman–Crippen LogP) is 3.10. The van der Waals surface area contributed by atoms with Crippen molar-refractivity contribution in [3.63, 3.8) is 0 Å². The van der Waals surface area contributed by atoms with E-state index in [2.05, 4.69) is 5.32 Å². The average Bonchev–Trinajstić information content (AvgIpc) is 2.81. The summed E-state index contributed by atoms with van der Waals surface area (Å²) in [6.07, 6.45) is 2.01. The summed E-state index contributed by atoms with van der Waals surface area (Å²) in [4.78, 5) is 27.3. The second-order valence-corrected chi connectivity index (χ2v) is 10.1. The number of hydrogen-bond acceptors (Lipinski definition) is 5. The van der Waals surface area contributed by atoms with Gasteiger partial charge in [0.1, 0.15) is 11.8 Å². The third-order valence-corrected chi connectivity index (χ3v) is 6.79. The molecule has 0 aliphatic rings. The van der Waals surface area contributed by atoms with Crippen LogP contribution in [-0.4, -0.2) is 58.1 Å². The van der Waals surface area contributed by atoms with E-state index in [-0.39, 0.29) is 24.8 Å². The second-order valence-electron chi connectivity index (χ2n) is 8.19. The molecule has 0 aliphatic carbocycles. The number of anilines is 1. The molecule has 0 aliphatic heterocycles. The number of nitrogens with one attached hydrogen (secondary N) is 1. The lowest BCUT2D eigenvalue weighted by Crippen LogP contribution is -2.48. The van der Waals surface area contributed by atoms with Gasteiger partial charge in [-0.3, -0.25) is 13.9 Å². The van der Waals surface area contributed by atoms with E-state index in [1.165, 1.54) is 11.4 Å². The van der Waals surface area contributed by atoms with Gasteiger partial charge in [0.15, 0.2) is 0 Å². The van der Waals surface area contributed by atoms with Crippen LogP contribution in [0.25, 0.3) is 0 Å². The van der Waals surface area contributed by atoms with Gasteiger partial charge in [0, 0.05) is 32.6 Å². The maximum absolute atomic E-state index is 13.3. The van der Waals surface area contributed by atoms with Gasteiger partial charge in [0.05, 0.1) is 19.1 Å². The lowest BCUT2D eigenvalue weighted by Gasteiger charge is -2.31. The Morgan fingerprint density at radius 1 is 1.12 bits per heavy atom. The largest absolute Gasteiger partial charge is 0.497 e. The SMILES string of the molecule is CC[C@H](C(=O)NC)N(Cc1ccc(C)cc1)C(=O)CCCN(c1cccc(OC)c1)S(C)(=O)=O. The molecule has 0 bridgehead atoms. The van der Waals surface area contributed by atoms with Crippen molar-refractivity contribution in [2.24, 2.45) is 0 Å². The first-order valence-corrected chi connectivity index (χ1v) is 13.1. The molecule has 8 nitrogen and oxygen atoms in total. The number of likely N-dealkylation sites (N-methyl/N-ethyl adjacent to an activating group) is 1. The Hall–Kier alpha value is -3.07. The normalized spacial score (nSPS) is 12.0. The molecule has 0 spiro atoms. The van der Waals surface area contributed by atoms with E-state index >= 15 is 0 Å². The van der Waals surface area contributed by atoms with Crippen LogP contribution in [0.3, 0.4) is 0 Å². The Morgan fingerprint density at radius 3 is 2.35 bits per heavy atom. The fraction of sp³-hybridized carbons (Fsp3) is 0.440. The summed E-state index contributed by atoms with van der Waals surface area (Å²) in [5.41, 5.74) is 2.51. The number of ether oxygens (including phenoxy) is 1. The van der Waals surface area contributed by atoms with Crippen LogP contribution in [0.4, 0.5) is 5.69 Å². The van der Waals surface area contributed by atoms with Gasteiger partial charge in [-0.05, 0) is 37.5 Å². The summed E-state index contributed by atoms with van der Waals surface area (Å²) in [5, 5.41) is 2.64. The molecular weight excluding hydrogens is 454 g/mol. The average molecular weight is 490 g/mol. The predicted molar refractivity (Wildman–Crippen MR) is 134 cm³/mol. The van der Waals surface area contributed by atoms with Crippen molar-refractivity contribution < 1.29 is 22.7 Å². The molecule has 34 heavy (non-hydrogen) atoms. The van der Waals surface area contributed by atoms with Crippen LogP contribution in [0.2, 0.25) is 0 Å². The Kier molecular flexibility index (Phi) is 9.92. The molecule has 2 rings (SSSR count). The fourth-order valence-electron chi connectivity index (χ4n) is 3.75. The third kappa shape index (κ3) is 7.48. The molecule has 0 radical (unpaired) electrons. The molecule has 2 aromatic carbocycles. The van der Waals surface area contributed by atoms with E-state index in [4.69, 9.17) is 4.74 Å². The van der Waals surface area contributed by atoms with Crippen LogP contribution in [0.5, 0.6) is 5.75 Å². The lowest BCUT2D eigenvalue weighted by molar-refractivity contribution is -0.141. The standard InChI is InChI=1S/C25H35N3O5S/c1-6-23(25(30)26-3)27(18-20-14-12-19(2)13-15-20)24(29)11-8-16-28(34(5,31)32)21-9-7-10-22(17-21)33-4/h7,9-10,12-15,17,23H,6,8,11,16,18H2,1-5H3,(H,26,30)/t23-/m1/s1. The number of sulfonamides is 1. The number of nitrogens with zero attached hydrogens (tertiary/aromatic N) is 2. The van der Waals surface area contributed by atoms with Gasteiger partial charge in [-0.1, -0.05) is 42.8 Å². The number of carbonyl (C=O) groups excluding carboxylic acids is 2. The van der Waals surface area contributed by atoms with Gasteiger partial charge >= 0.3 is 0 Å². The van der Waals surface area contributed by atoms with Crippen LogP contribution in [0, 0.1) is 6.92 Å². The highest BCUT2D eigenvalue weighted by Gasteiger charge is 2.28. The molecule has 0 heterocycles. The van der Waals surface area contributed by atoms with Gasteiger partial charge < -0.3 is 15.0 Å². The molecule has 1 atom stereocenters. The zero-order valence-electron chi connectivity index (χ0n) is 20.6. The minimum absolute atomic E-state index is 0.106. The van der Waals surface area contributed by atoms with Gasteiger partial charge in [-0.2, -0.15) is 0 Å². The van der Waals surface area contributed by atoms with Crippen LogP contribution < -0.4 is 14.4 Å². The summed E-state index contributed by atoms with van der Waals surface area (Å²) < 4.78 is 31.3. The molecule has 0 saturated heterocycles. The minimum atomic E-state index is -3.56. The number of aryl methyl sites for hydroxylation is 1. The summed E-state index contributed by atoms with van der Waals surface area (Å²) in [7, 11) is -0.495. The summed E-state index contributed by atoms with van der Waals surface area (Å²) >= 11 is 0. The fourth-order valence-corrected chi connectivity index (χ4v) is 4.70. The second kappa shape index (κ2) is 12.4. The smallest absolute Gasteiger partial charge is 0.242 e. The van der Waals surface area contributed by atoms with E-state index in [1.54, 1.807) is 36.2 Å². The molecule has 0 saturated carbocycles. The Labute approximate surface area is 202 Å². The molecule has 9 heteroatoms. The van der Waals surface area contributed by atoms with E-state index < -0.39 is 16.1 Å². The van der Waals surface area contributed by atoms with Crippen molar-refractivity contribution >= 4 is 27.5 Å². The third-order valence-electron chi connectivity index (χ3n) is 5.60. The molecule has 0 fully saturated rings. The lowest BCUT2D eigenvalue weighted by atomic mass is 10.1. The number of amides is 2. The molecule has 186 valence electrons. The molecule has 0 unspecified atom stereocenters. The zero-order chi connectivity index (χ0) is 25.3. The van der Waals surface area contributed by atoms with E-state index in [0.29, 0.717) is 30.8 Å². The monoisotopic (exact) mass is 489 g/mol. The van der Waals surface area contributed by atoms with Crippen LogP contribution in [0.15, 0.2) is 48.5 Å². The maximum atomic E-state index is 13.3. The molecular formula is C25H35N3O5S. The Morgan fingerprint density at radius 2 is 1.79 bits per heavy atom. The quantitative estimate of drug-likeness (QED) is 0.494. The van der Waals surface area contributed by atoms with E-state index in [9.17, 15) is 18.0 Å².